The van der Waals surface area contributed by atoms with Gasteiger partial charge in [0.25, 0.3) is 5.91 Å². The van der Waals surface area contributed by atoms with Crippen LogP contribution in [0.2, 0.25) is 0 Å². The quantitative estimate of drug-likeness (QED) is 0.817. The molecule has 0 fully saturated rings. The first kappa shape index (κ1) is 12.1. The summed E-state index contributed by atoms with van der Waals surface area (Å²) in [5.74, 6) is -0.672. The Labute approximate surface area is 106 Å². The molecule has 0 aliphatic heterocycles. The Kier molecular flexibility index (Phi) is 4.53. The molecule has 76 valence electrons. The van der Waals surface area contributed by atoms with Gasteiger partial charge in [0.05, 0.1) is 5.69 Å². The molecule has 6 heteroatoms. The fraction of sp³-hybridized carbons (Fsp3) is 0.125. The van der Waals surface area contributed by atoms with Crippen molar-refractivity contribution in [1.29, 1.82) is 0 Å². The first-order valence-corrected chi connectivity index (χ1v) is 5.93. The van der Waals surface area contributed by atoms with Crippen LogP contribution in [-0.4, -0.2) is 12.6 Å². The summed E-state index contributed by atoms with van der Waals surface area (Å²) in [7, 11) is 0. The Morgan fingerprint density at radius 2 is 1.79 bits per heavy atom. The molecule has 0 bridgehead atoms. The molecule has 0 radical (unpaired) electrons. The molecular formula is C8H5Br3FNO. The standard InChI is InChI=1S/C8H5Br3FNO/c9-4-1-5(10)8(6(11)2-4)13-7(14)3-12/h1-2H,3H2,(H,13,14). The van der Waals surface area contributed by atoms with E-state index in [4.69, 9.17) is 0 Å². The average molecular weight is 390 g/mol. The molecule has 0 aromatic heterocycles. The van der Waals surface area contributed by atoms with Crippen molar-refractivity contribution in [1.82, 2.24) is 0 Å². The van der Waals surface area contributed by atoms with Crippen LogP contribution in [0.1, 0.15) is 0 Å². The number of benzene rings is 1. The number of rotatable bonds is 2. The van der Waals surface area contributed by atoms with Gasteiger partial charge in [-0.15, -0.1) is 0 Å². The van der Waals surface area contributed by atoms with Crippen molar-refractivity contribution in [3.8, 4) is 0 Å². The second kappa shape index (κ2) is 5.23. The van der Waals surface area contributed by atoms with Crippen LogP contribution in [-0.2, 0) is 4.79 Å². The molecule has 0 unspecified atom stereocenters. The Morgan fingerprint density at radius 3 is 2.21 bits per heavy atom. The normalized spacial score (nSPS) is 10.0. The van der Waals surface area contributed by atoms with E-state index in [9.17, 15) is 9.18 Å². The lowest BCUT2D eigenvalue weighted by Crippen LogP contribution is -2.13. The number of anilines is 1. The topological polar surface area (TPSA) is 29.1 Å². The number of halogens is 4. The lowest BCUT2D eigenvalue weighted by atomic mass is 10.3. The molecule has 1 aromatic carbocycles. The SMILES string of the molecule is O=C(CF)Nc1c(Br)cc(Br)cc1Br. The Balaban J connectivity index is 3.02. The van der Waals surface area contributed by atoms with Crippen molar-refractivity contribution in [2.24, 2.45) is 0 Å². The van der Waals surface area contributed by atoms with E-state index in [0.29, 0.717) is 14.6 Å². The van der Waals surface area contributed by atoms with E-state index in [-0.39, 0.29) is 0 Å². The zero-order valence-electron chi connectivity index (χ0n) is 6.78. The fourth-order valence-corrected chi connectivity index (χ4v) is 3.29. The highest BCUT2D eigenvalue weighted by atomic mass is 79.9. The van der Waals surface area contributed by atoms with Crippen molar-refractivity contribution >= 4 is 59.4 Å². The van der Waals surface area contributed by atoms with Crippen molar-refractivity contribution < 1.29 is 9.18 Å². The van der Waals surface area contributed by atoms with Gasteiger partial charge >= 0.3 is 0 Å². The second-order valence-electron chi connectivity index (χ2n) is 2.43. The third-order valence-corrected chi connectivity index (χ3v) is 3.10. The van der Waals surface area contributed by atoms with Crippen molar-refractivity contribution in [2.75, 3.05) is 12.0 Å². The van der Waals surface area contributed by atoms with E-state index in [1.807, 2.05) is 0 Å². The van der Waals surface area contributed by atoms with Crippen LogP contribution in [0.4, 0.5) is 10.1 Å². The van der Waals surface area contributed by atoms with Gasteiger partial charge in [0.15, 0.2) is 6.67 Å². The molecule has 0 aliphatic carbocycles. The summed E-state index contributed by atoms with van der Waals surface area (Å²) in [6.45, 7) is -1.03. The van der Waals surface area contributed by atoms with E-state index in [2.05, 4.69) is 53.1 Å². The van der Waals surface area contributed by atoms with Gasteiger partial charge < -0.3 is 5.32 Å². The van der Waals surface area contributed by atoms with E-state index < -0.39 is 12.6 Å². The van der Waals surface area contributed by atoms with Gasteiger partial charge in [0.1, 0.15) is 0 Å². The molecule has 1 aromatic rings. The van der Waals surface area contributed by atoms with E-state index in [1.54, 1.807) is 12.1 Å². The lowest BCUT2D eigenvalue weighted by Gasteiger charge is -2.08. The summed E-state index contributed by atoms with van der Waals surface area (Å²) in [6, 6.07) is 3.53. The van der Waals surface area contributed by atoms with Crippen LogP contribution in [0.3, 0.4) is 0 Å². The Hall–Kier alpha value is 0.0600. The summed E-state index contributed by atoms with van der Waals surface area (Å²) in [5.41, 5.74) is 0.524. The monoisotopic (exact) mass is 387 g/mol. The number of hydrogen-bond acceptors (Lipinski definition) is 1. The summed E-state index contributed by atoms with van der Waals surface area (Å²) in [4.78, 5) is 10.8. The Morgan fingerprint density at radius 1 is 1.29 bits per heavy atom. The minimum atomic E-state index is -1.03. The van der Waals surface area contributed by atoms with Gasteiger partial charge in [-0.2, -0.15) is 0 Å². The molecule has 2 nitrogen and oxygen atoms in total. The fourth-order valence-electron chi connectivity index (χ4n) is 0.834. The van der Waals surface area contributed by atoms with Gasteiger partial charge in [0.2, 0.25) is 0 Å². The van der Waals surface area contributed by atoms with Gasteiger partial charge in [-0.3, -0.25) is 4.79 Å². The highest BCUT2D eigenvalue weighted by molar-refractivity contribution is 9.11. The number of hydrogen-bond donors (Lipinski definition) is 1. The number of amides is 1. The van der Waals surface area contributed by atoms with Gasteiger partial charge in [0, 0.05) is 13.4 Å². The van der Waals surface area contributed by atoms with Gasteiger partial charge in [-0.1, -0.05) is 15.9 Å². The van der Waals surface area contributed by atoms with Crippen LogP contribution >= 0.6 is 47.8 Å². The minimum Gasteiger partial charge on any atom is -0.322 e. The predicted molar refractivity (Wildman–Crippen MR) is 64.1 cm³/mol. The third-order valence-electron chi connectivity index (χ3n) is 1.39. The number of alkyl halides is 1. The molecule has 1 N–H and O–H groups in total. The molecule has 0 aliphatic rings. The largest absolute Gasteiger partial charge is 0.322 e. The smallest absolute Gasteiger partial charge is 0.255 e. The molecule has 1 rings (SSSR count). The molecule has 0 saturated carbocycles. The molecule has 0 spiro atoms. The van der Waals surface area contributed by atoms with Crippen molar-refractivity contribution in [3.05, 3.63) is 25.6 Å². The maximum absolute atomic E-state index is 12.0. The number of carbonyl (C=O) groups excluding carboxylic acids is 1. The molecule has 0 saturated heterocycles. The average Bonchev–Trinajstić information content (AvgIpc) is 2.10. The van der Waals surface area contributed by atoms with E-state index >= 15 is 0 Å². The Bertz CT molecular complexity index is 347. The van der Waals surface area contributed by atoms with Crippen LogP contribution in [0, 0.1) is 0 Å². The van der Waals surface area contributed by atoms with Crippen LogP contribution in [0.5, 0.6) is 0 Å². The molecule has 0 atom stereocenters. The highest BCUT2D eigenvalue weighted by Gasteiger charge is 2.09. The van der Waals surface area contributed by atoms with Crippen LogP contribution in [0.25, 0.3) is 0 Å². The first-order chi connectivity index (χ1) is 6.54. The number of carbonyl (C=O) groups is 1. The van der Waals surface area contributed by atoms with Crippen molar-refractivity contribution in [3.63, 3.8) is 0 Å². The summed E-state index contributed by atoms with van der Waals surface area (Å²) >= 11 is 9.80. The van der Waals surface area contributed by atoms with E-state index in [0.717, 1.165) is 4.47 Å². The third kappa shape index (κ3) is 3.03. The van der Waals surface area contributed by atoms with E-state index in [1.165, 1.54) is 0 Å². The summed E-state index contributed by atoms with van der Waals surface area (Å²) in [6.07, 6.45) is 0. The van der Waals surface area contributed by atoms with Gasteiger partial charge in [-0.05, 0) is 44.0 Å². The van der Waals surface area contributed by atoms with Crippen LogP contribution < -0.4 is 5.32 Å². The maximum Gasteiger partial charge on any atom is 0.255 e. The van der Waals surface area contributed by atoms with Crippen LogP contribution in [0.15, 0.2) is 25.6 Å². The lowest BCUT2D eigenvalue weighted by molar-refractivity contribution is -0.117. The van der Waals surface area contributed by atoms with Crippen molar-refractivity contribution in [2.45, 2.75) is 0 Å². The summed E-state index contributed by atoms with van der Waals surface area (Å²) in [5, 5.41) is 2.43. The molecule has 0 heterocycles. The second-order valence-corrected chi connectivity index (χ2v) is 5.05. The zero-order chi connectivity index (χ0) is 10.7. The predicted octanol–water partition coefficient (Wildman–Crippen LogP) is 3.88. The minimum absolute atomic E-state index is 0.524. The maximum atomic E-state index is 12.0. The summed E-state index contributed by atoms with van der Waals surface area (Å²) < 4.78 is 14.2. The number of nitrogens with one attached hydrogen (secondary N) is 1. The highest BCUT2D eigenvalue weighted by Crippen LogP contribution is 2.34. The first-order valence-electron chi connectivity index (χ1n) is 3.55. The van der Waals surface area contributed by atoms with Gasteiger partial charge in [-0.25, -0.2) is 4.39 Å². The molecule has 1 amide bonds. The molecule has 14 heavy (non-hydrogen) atoms. The zero-order valence-corrected chi connectivity index (χ0v) is 11.5. The molecular weight excluding hydrogens is 385 g/mol.